The summed E-state index contributed by atoms with van der Waals surface area (Å²) in [6, 6.07) is 11.0. The lowest BCUT2D eigenvalue weighted by molar-refractivity contribution is -0.136. The number of carbonyl (C=O) groups is 4. The maximum absolute atomic E-state index is 13.6. The number of imidazole rings is 2. The van der Waals surface area contributed by atoms with Crippen molar-refractivity contribution in [2.24, 2.45) is 11.8 Å². The number of aromatic amines is 2. The van der Waals surface area contributed by atoms with Crippen LogP contribution in [0.25, 0.3) is 44.8 Å². The number of rotatable bonds is 11. The summed E-state index contributed by atoms with van der Waals surface area (Å²) in [6.45, 7) is 8.62. The molecule has 0 saturated carbocycles. The van der Waals surface area contributed by atoms with Gasteiger partial charge in [0.15, 0.2) is 0 Å². The molecule has 17 nitrogen and oxygen atoms in total. The summed E-state index contributed by atoms with van der Waals surface area (Å²) in [5.74, 6) is 0.458. The molecule has 0 unspecified atom stereocenters. The molecule has 2 aromatic carbocycles. The van der Waals surface area contributed by atoms with Gasteiger partial charge >= 0.3 is 12.2 Å². The van der Waals surface area contributed by atoms with Crippen molar-refractivity contribution < 1.29 is 33.8 Å². The van der Waals surface area contributed by atoms with Crippen LogP contribution in [0.2, 0.25) is 0 Å². The van der Waals surface area contributed by atoms with Crippen molar-refractivity contribution in [2.45, 2.75) is 77.5 Å². The monoisotopic (exact) mass is 806 g/mol. The molecule has 4 amide bonds. The lowest BCUT2D eigenvalue weighted by Crippen LogP contribution is -2.51. The first kappa shape index (κ1) is 40.7. The molecular formula is C42H50N10O7. The molecule has 5 N–H and O–H groups in total. The largest absolute Gasteiger partial charge is 0.492 e. The Bertz CT molecular complexity index is 2340. The number of carbonyl (C=O) groups excluding carboxylic acids is 4. The van der Waals surface area contributed by atoms with Crippen molar-refractivity contribution >= 4 is 35.0 Å². The second kappa shape index (κ2) is 17.1. The fourth-order valence-corrected chi connectivity index (χ4v) is 7.89. The highest BCUT2D eigenvalue weighted by Gasteiger charge is 2.39. The lowest BCUT2D eigenvalue weighted by atomic mass is 10.0. The molecule has 0 spiro atoms. The van der Waals surface area contributed by atoms with Crippen LogP contribution in [0.4, 0.5) is 9.59 Å². The Morgan fingerprint density at radius 1 is 0.678 bits per heavy atom. The predicted octanol–water partition coefficient (Wildman–Crippen LogP) is 5.87. The van der Waals surface area contributed by atoms with Gasteiger partial charge in [-0.3, -0.25) is 9.59 Å². The predicted molar refractivity (Wildman–Crippen MR) is 218 cm³/mol. The van der Waals surface area contributed by atoms with E-state index in [2.05, 4.69) is 25.6 Å². The Kier molecular flexibility index (Phi) is 11.8. The minimum absolute atomic E-state index is 0.133. The summed E-state index contributed by atoms with van der Waals surface area (Å²) in [6.07, 6.45) is 5.37. The molecule has 17 heteroatoms. The van der Waals surface area contributed by atoms with E-state index in [0.717, 1.165) is 36.8 Å². The standard InChI is InChI=1S/C42H50N10O7/c1-22(2)33(49-41(56)58-5)39(54)51-17-7-9-31(51)36-43-20-29(46-36)24-11-13-25(14-12-24)35-38(53)48-28-19-26(15-16-27(28)45-35)30-21-44-37(47-30)32-10-8-18-52(32)40(55)34(23(3)4)50-42(57)59-6/h11-16,19-23,31-34H,7-10,17-18H2,1-6H3,(H,43,46)(H,44,47)(H,48,53)(H,49,56)(H,50,57)/t31-,32-,33-,34-/m0/s1. The van der Waals surface area contributed by atoms with E-state index in [4.69, 9.17) is 24.4 Å². The van der Waals surface area contributed by atoms with Crippen LogP contribution in [0.15, 0.2) is 54.9 Å². The van der Waals surface area contributed by atoms with Crippen molar-refractivity contribution in [1.82, 2.24) is 50.3 Å². The molecule has 2 aliphatic heterocycles. The zero-order chi connectivity index (χ0) is 42.0. The first-order chi connectivity index (χ1) is 28.4. The van der Waals surface area contributed by atoms with E-state index in [-0.39, 0.29) is 41.6 Å². The van der Waals surface area contributed by atoms with Crippen LogP contribution in [0.1, 0.15) is 77.1 Å². The molecule has 5 aromatic rings. The number of alkyl carbamates (subject to hydrolysis) is 2. The average molecular weight is 807 g/mol. The van der Waals surface area contributed by atoms with Gasteiger partial charge in [-0.15, -0.1) is 0 Å². The van der Waals surface area contributed by atoms with Crippen molar-refractivity contribution in [3.8, 4) is 39.7 Å². The van der Waals surface area contributed by atoms with Gasteiger partial charge in [0.25, 0.3) is 0 Å². The highest BCUT2D eigenvalue weighted by Crippen LogP contribution is 2.36. The molecule has 2 aliphatic rings. The number of ether oxygens (including phenoxy) is 2. The third-order valence-corrected chi connectivity index (χ3v) is 11.1. The van der Waals surface area contributed by atoms with E-state index >= 15 is 0 Å². The Hall–Kier alpha value is -6.52. The smallest absolute Gasteiger partial charge is 0.407 e. The molecule has 0 aliphatic carbocycles. The van der Waals surface area contributed by atoms with Gasteiger partial charge in [0.05, 0.1) is 48.7 Å². The SMILES string of the molecule is COC(=O)N[C@H](C(=O)N1CCC[C@H]1c1nc(-c2ccc(-c3nc4ccc(-c5c[nH]c([C@@H]6CCCN6C(=O)[C@@H](NC(=O)OC)C(C)C)n5)cc4nc3O)cc2)c[nH]1)C(C)C. The number of hydrogen-bond donors (Lipinski definition) is 5. The number of amides is 4. The van der Waals surface area contributed by atoms with Gasteiger partial charge in [0.2, 0.25) is 17.7 Å². The summed E-state index contributed by atoms with van der Waals surface area (Å²) in [5.41, 5.74) is 5.01. The Labute approximate surface area is 341 Å². The minimum atomic E-state index is -0.729. The van der Waals surface area contributed by atoms with E-state index < -0.39 is 24.3 Å². The summed E-state index contributed by atoms with van der Waals surface area (Å²) in [7, 11) is 2.54. The van der Waals surface area contributed by atoms with Crippen LogP contribution in [0.3, 0.4) is 0 Å². The van der Waals surface area contributed by atoms with E-state index in [9.17, 15) is 24.3 Å². The third kappa shape index (κ3) is 8.40. The van der Waals surface area contributed by atoms with Crippen LogP contribution in [-0.2, 0) is 19.1 Å². The quantitative estimate of drug-likeness (QED) is 0.106. The minimum Gasteiger partial charge on any atom is -0.492 e. The van der Waals surface area contributed by atoms with Gasteiger partial charge in [0.1, 0.15) is 29.4 Å². The van der Waals surface area contributed by atoms with E-state index in [0.29, 0.717) is 58.4 Å². The third-order valence-electron chi connectivity index (χ3n) is 11.1. The van der Waals surface area contributed by atoms with Gasteiger partial charge < -0.3 is 45.0 Å². The number of H-pyrrole nitrogens is 2. The molecular weight excluding hydrogens is 757 g/mol. The Morgan fingerprint density at radius 2 is 1.15 bits per heavy atom. The number of hydrogen-bond acceptors (Lipinski definition) is 11. The number of nitrogens with zero attached hydrogens (tertiary/aromatic N) is 6. The molecule has 5 heterocycles. The van der Waals surface area contributed by atoms with Crippen molar-refractivity contribution in [1.29, 1.82) is 0 Å². The highest BCUT2D eigenvalue weighted by molar-refractivity contribution is 5.88. The van der Waals surface area contributed by atoms with Crippen LogP contribution in [-0.4, -0.2) is 108 Å². The van der Waals surface area contributed by atoms with Crippen molar-refractivity contribution in [2.75, 3.05) is 27.3 Å². The second-order valence-electron chi connectivity index (χ2n) is 15.6. The summed E-state index contributed by atoms with van der Waals surface area (Å²) < 4.78 is 9.49. The fraction of sp³-hybridized carbons (Fsp3) is 0.429. The number of nitrogens with one attached hydrogen (secondary N) is 4. The topological polar surface area (TPSA) is 221 Å². The van der Waals surface area contributed by atoms with Crippen LogP contribution in [0, 0.1) is 11.8 Å². The zero-order valence-electron chi connectivity index (χ0n) is 34.0. The summed E-state index contributed by atoms with van der Waals surface area (Å²) >= 11 is 0. The molecule has 2 saturated heterocycles. The highest BCUT2D eigenvalue weighted by atomic mass is 16.5. The summed E-state index contributed by atoms with van der Waals surface area (Å²) in [5, 5.41) is 16.4. The number of likely N-dealkylation sites (tertiary alicyclic amines) is 2. The number of aromatic nitrogens is 6. The molecule has 59 heavy (non-hydrogen) atoms. The van der Waals surface area contributed by atoms with Crippen molar-refractivity contribution in [3.63, 3.8) is 0 Å². The van der Waals surface area contributed by atoms with Crippen molar-refractivity contribution in [3.05, 3.63) is 66.5 Å². The Balaban J connectivity index is 1.05. The fourth-order valence-electron chi connectivity index (χ4n) is 7.89. The maximum Gasteiger partial charge on any atom is 0.407 e. The normalized spacial score (nSPS) is 17.7. The molecule has 0 bridgehead atoms. The summed E-state index contributed by atoms with van der Waals surface area (Å²) in [4.78, 5) is 80.0. The molecule has 2 fully saturated rings. The maximum atomic E-state index is 13.6. The first-order valence-corrected chi connectivity index (χ1v) is 19.9. The number of fused-ring (bicyclic) bond motifs is 1. The van der Waals surface area contributed by atoms with Gasteiger partial charge in [-0.1, -0.05) is 58.0 Å². The Morgan fingerprint density at radius 3 is 1.64 bits per heavy atom. The zero-order valence-corrected chi connectivity index (χ0v) is 34.0. The lowest BCUT2D eigenvalue weighted by Gasteiger charge is -2.29. The molecule has 4 atom stereocenters. The number of benzene rings is 2. The molecule has 3 aromatic heterocycles. The van der Waals surface area contributed by atoms with Gasteiger partial charge in [-0.05, 0) is 49.7 Å². The van der Waals surface area contributed by atoms with Crippen LogP contribution < -0.4 is 10.6 Å². The molecule has 0 radical (unpaired) electrons. The van der Waals surface area contributed by atoms with E-state index in [1.54, 1.807) is 16.0 Å². The van der Waals surface area contributed by atoms with Gasteiger partial charge in [0, 0.05) is 42.2 Å². The molecule has 310 valence electrons. The van der Waals surface area contributed by atoms with Crippen LogP contribution >= 0.6 is 0 Å². The van der Waals surface area contributed by atoms with Gasteiger partial charge in [-0.2, -0.15) is 0 Å². The van der Waals surface area contributed by atoms with Gasteiger partial charge in [-0.25, -0.2) is 29.5 Å². The average Bonchev–Trinajstić information content (AvgIpc) is 4.07. The molecule has 7 rings (SSSR count). The van der Waals surface area contributed by atoms with Crippen LogP contribution in [0.5, 0.6) is 5.88 Å². The number of methoxy groups -OCH3 is 2. The first-order valence-electron chi connectivity index (χ1n) is 19.9. The van der Waals surface area contributed by atoms with E-state index in [1.165, 1.54) is 14.2 Å². The van der Waals surface area contributed by atoms with E-state index in [1.807, 2.05) is 76.4 Å². The number of aromatic hydroxyl groups is 1. The second-order valence-corrected chi connectivity index (χ2v) is 15.6.